The second-order valence-corrected chi connectivity index (χ2v) is 5.47. The molecule has 0 N–H and O–H groups in total. The van der Waals surface area contributed by atoms with Crippen molar-refractivity contribution in [2.45, 2.75) is 46.0 Å². The molecule has 0 bridgehead atoms. The lowest BCUT2D eigenvalue weighted by molar-refractivity contribution is 0.575. The van der Waals surface area contributed by atoms with Crippen molar-refractivity contribution in [1.82, 2.24) is 9.78 Å². The molecule has 1 unspecified atom stereocenters. The Balaban J connectivity index is 2.16. The van der Waals surface area contributed by atoms with Crippen LogP contribution in [0.1, 0.15) is 48.1 Å². The van der Waals surface area contributed by atoms with Crippen molar-refractivity contribution in [3.8, 4) is 5.69 Å². The Kier molecular flexibility index (Phi) is 2.73. The zero-order valence-corrected chi connectivity index (χ0v) is 11.4. The van der Waals surface area contributed by atoms with E-state index in [4.69, 9.17) is 0 Å². The molecule has 1 aliphatic carbocycles. The van der Waals surface area contributed by atoms with Gasteiger partial charge in [0.15, 0.2) is 0 Å². The van der Waals surface area contributed by atoms with Crippen LogP contribution in [0.2, 0.25) is 0 Å². The molecular weight excluding hydrogens is 220 g/mol. The number of aryl methyl sites for hydroxylation is 1. The van der Waals surface area contributed by atoms with Crippen LogP contribution in [0, 0.1) is 13.8 Å². The lowest BCUT2D eigenvalue weighted by Gasteiger charge is -2.20. The normalized spacial score (nSPS) is 18.7. The number of benzene rings is 1. The Morgan fingerprint density at radius 3 is 2.94 bits per heavy atom. The maximum absolute atomic E-state index is 4.64. The van der Waals surface area contributed by atoms with E-state index in [0.29, 0.717) is 5.92 Å². The first-order valence-corrected chi connectivity index (χ1v) is 6.82. The highest BCUT2D eigenvalue weighted by atomic mass is 15.3. The summed E-state index contributed by atoms with van der Waals surface area (Å²) in [6, 6.07) is 6.46. The molecule has 0 spiro atoms. The summed E-state index contributed by atoms with van der Waals surface area (Å²) in [5.41, 5.74) is 6.78. The monoisotopic (exact) mass is 240 g/mol. The number of hydrogen-bond acceptors (Lipinski definition) is 1. The third kappa shape index (κ3) is 1.67. The second kappa shape index (κ2) is 4.27. The van der Waals surface area contributed by atoms with Gasteiger partial charge in [0.25, 0.3) is 0 Å². The third-order valence-electron chi connectivity index (χ3n) is 4.29. The maximum atomic E-state index is 4.64. The van der Waals surface area contributed by atoms with Crippen molar-refractivity contribution < 1.29 is 0 Å². The van der Waals surface area contributed by atoms with Crippen LogP contribution in [0.15, 0.2) is 24.4 Å². The summed E-state index contributed by atoms with van der Waals surface area (Å²) in [7, 11) is 0. The largest absolute Gasteiger partial charge is 0.237 e. The van der Waals surface area contributed by atoms with Crippen molar-refractivity contribution in [3.63, 3.8) is 0 Å². The molecule has 0 aliphatic heterocycles. The molecule has 1 atom stereocenters. The standard InChI is InChI=1S/C16H20N2/c1-11-6-4-8-15(13(11)3)18-16-9-5-7-12(2)14(16)10-17-18/h4,6,8,10,12H,5,7,9H2,1-3H3. The molecule has 0 amide bonds. The molecule has 2 aromatic rings. The molecule has 1 aliphatic rings. The summed E-state index contributed by atoms with van der Waals surface area (Å²) in [5, 5.41) is 4.64. The van der Waals surface area contributed by atoms with E-state index < -0.39 is 0 Å². The molecule has 3 rings (SSSR count). The Bertz CT molecular complexity index is 581. The number of rotatable bonds is 1. The highest BCUT2D eigenvalue weighted by Crippen LogP contribution is 2.32. The average Bonchev–Trinajstić information content (AvgIpc) is 2.78. The van der Waals surface area contributed by atoms with E-state index in [9.17, 15) is 0 Å². The maximum Gasteiger partial charge on any atom is 0.0680 e. The molecule has 1 aromatic carbocycles. The molecule has 2 nitrogen and oxygen atoms in total. The van der Waals surface area contributed by atoms with E-state index in [1.807, 2.05) is 0 Å². The average molecular weight is 240 g/mol. The minimum absolute atomic E-state index is 0.660. The van der Waals surface area contributed by atoms with Crippen LogP contribution >= 0.6 is 0 Å². The summed E-state index contributed by atoms with van der Waals surface area (Å²) in [6.07, 6.45) is 5.81. The van der Waals surface area contributed by atoms with Gasteiger partial charge < -0.3 is 0 Å². The Labute approximate surface area is 109 Å². The van der Waals surface area contributed by atoms with Crippen LogP contribution in [-0.2, 0) is 6.42 Å². The van der Waals surface area contributed by atoms with Gasteiger partial charge in [-0.05, 0) is 61.8 Å². The number of hydrogen-bond donors (Lipinski definition) is 0. The highest BCUT2D eigenvalue weighted by molar-refractivity contribution is 5.46. The molecule has 2 heteroatoms. The van der Waals surface area contributed by atoms with Crippen molar-refractivity contribution >= 4 is 0 Å². The van der Waals surface area contributed by atoms with Gasteiger partial charge >= 0.3 is 0 Å². The minimum atomic E-state index is 0.660. The first-order chi connectivity index (χ1) is 8.68. The quantitative estimate of drug-likeness (QED) is 0.738. The Morgan fingerprint density at radius 2 is 2.11 bits per heavy atom. The van der Waals surface area contributed by atoms with Gasteiger partial charge in [0.1, 0.15) is 0 Å². The third-order valence-corrected chi connectivity index (χ3v) is 4.29. The summed E-state index contributed by atoms with van der Waals surface area (Å²) < 4.78 is 2.16. The minimum Gasteiger partial charge on any atom is -0.237 e. The SMILES string of the molecule is Cc1cccc(-n2ncc3c2CCCC3C)c1C. The van der Waals surface area contributed by atoms with Crippen molar-refractivity contribution in [2.75, 3.05) is 0 Å². The van der Waals surface area contributed by atoms with Crippen LogP contribution < -0.4 is 0 Å². The fourth-order valence-electron chi connectivity index (χ4n) is 2.95. The zero-order valence-electron chi connectivity index (χ0n) is 11.4. The summed E-state index contributed by atoms with van der Waals surface area (Å²) >= 11 is 0. The Hall–Kier alpha value is -1.57. The first-order valence-electron chi connectivity index (χ1n) is 6.82. The lowest BCUT2D eigenvalue weighted by atomic mass is 9.88. The molecule has 1 aromatic heterocycles. The molecule has 0 fully saturated rings. The van der Waals surface area contributed by atoms with Crippen LogP contribution in [0.25, 0.3) is 5.69 Å². The van der Waals surface area contributed by atoms with Crippen LogP contribution in [-0.4, -0.2) is 9.78 Å². The first kappa shape index (κ1) is 11.5. The van der Waals surface area contributed by atoms with Crippen molar-refractivity contribution in [1.29, 1.82) is 0 Å². The summed E-state index contributed by atoms with van der Waals surface area (Å²) in [4.78, 5) is 0. The topological polar surface area (TPSA) is 17.8 Å². The van der Waals surface area contributed by atoms with Gasteiger partial charge in [-0.25, -0.2) is 4.68 Å². The molecule has 0 saturated heterocycles. The van der Waals surface area contributed by atoms with E-state index in [1.165, 1.54) is 40.9 Å². The van der Waals surface area contributed by atoms with E-state index in [1.54, 1.807) is 0 Å². The van der Waals surface area contributed by atoms with E-state index in [-0.39, 0.29) is 0 Å². The van der Waals surface area contributed by atoms with Crippen LogP contribution in [0.5, 0.6) is 0 Å². The molecule has 1 heterocycles. The van der Waals surface area contributed by atoms with Gasteiger partial charge in [0, 0.05) is 5.69 Å². The second-order valence-electron chi connectivity index (χ2n) is 5.47. The molecule has 0 saturated carbocycles. The van der Waals surface area contributed by atoms with E-state index >= 15 is 0 Å². The van der Waals surface area contributed by atoms with Gasteiger partial charge in [0.05, 0.1) is 11.9 Å². The van der Waals surface area contributed by atoms with Gasteiger partial charge in [-0.1, -0.05) is 19.1 Å². The molecule has 94 valence electrons. The van der Waals surface area contributed by atoms with Crippen molar-refractivity contribution in [3.05, 3.63) is 46.8 Å². The number of nitrogens with zero attached hydrogens (tertiary/aromatic N) is 2. The predicted octanol–water partition coefficient (Wildman–Crippen LogP) is 3.93. The molecular formula is C16H20N2. The fourth-order valence-corrected chi connectivity index (χ4v) is 2.95. The van der Waals surface area contributed by atoms with Gasteiger partial charge in [-0.3, -0.25) is 0 Å². The van der Waals surface area contributed by atoms with E-state index in [0.717, 1.165) is 6.42 Å². The van der Waals surface area contributed by atoms with Crippen molar-refractivity contribution in [2.24, 2.45) is 0 Å². The molecule has 18 heavy (non-hydrogen) atoms. The summed E-state index contributed by atoms with van der Waals surface area (Å²) in [6.45, 7) is 6.66. The van der Waals surface area contributed by atoms with E-state index in [2.05, 4.69) is 54.9 Å². The fraction of sp³-hybridized carbons (Fsp3) is 0.438. The smallest absolute Gasteiger partial charge is 0.0680 e. The van der Waals surface area contributed by atoms with Crippen LogP contribution in [0.3, 0.4) is 0 Å². The molecule has 0 radical (unpaired) electrons. The van der Waals surface area contributed by atoms with Crippen LogP contribution in [0.4, 0.5) is 0 Å². The van der Waals surface area contributed by atoms with Gasteiger partial charge in [-0.15, -0.1) is 0 Å². The number of aromatic nitrogens is 2. The predicted molar refractivity (Wildman–Crippen MR) is 74.4 cm³/mol. The lowest BCUT2D eigenvalue weighted by Crippen LogP contribution is -2.11. The highest BCUT2D eigenvalue weighted by Gasteiger charge is 2.22. The van der Waals surface area contributed by atoms with Gasteiger partial charge in [0.2, 0.25) is 0 Å². The zero-order chi connectivity index (χ0) is 12.7. The number of fused-ring (bicyclic) bond motifs is 1. The van der Waals surface area contributed by atoms with Gasteiger partial charge in [-0.2, -0.15) is 5.10 Å². The summed E-state index contributed by atoms with van der Waals surface area (Å²) in [5.74, 6) is 0.660. The Morgan fingerprint density at radius 1 is 1.28 bits per heavy atom.